The molecule has 1 N–H and O–H groups in total. The van der Waals surface area contributed by atoms with Crippen molar-refractivity contribution < 1.29 is 4.74 Å². The molecule has 118 valence electrons. The van der Waals surface area contributed by atoms with Crippen molar-refractivity contribution in [3.8, 4) is 11.4 Å². The topological polar surface area (TPSA) is 39.1 Å². The van der Waals surface area contributed by atoms with Gasteiger partial charge in [-0.3, -0.25) is 4.57 Å². The number of ether oxygens (including phenoxy) is 1. The lowest BCUT2D eigenvalue weighted by molar-refractivity contribution is 0.415. The summed E-state index contributed by atoms with van der Waals surface area (Å²) in [5.74, 6) is 2.52. The van der Waals surface area contributed by atoms with Crippen LogP contribution in [-0.2, 0) is 0 Å². The fourth-order valence-electron chi connectivity index (χ4n) is 3.41. The standard InChI is InChI=1S/C19H21N3O/c1-23-16-7-8-18-17(13-16)21-19(14-9-11-20-12-10-14)22(18)15-5-3-2-4-6-15/h2-8,13-14,20H,9-12H2,1H3. The van der Waals surface area contributed by atoms with Gasteiger partial charge in [-0.05, 0) is 50.2 Å². The Morgan fingerprint density at radius 2 is 1.87 bits per heavy atom. The van der Waals surface area contributed by atoms with Gasteiger partial charge in [0.15, 0.2) is 0 Å². The fraction of sp³-hybridized carbons (Fsp3) is 0.316. The number of piperidine rings is 1. The van der Waals surface area contributed by atoms with Crippen molar-refractivity contribution in [2.45, 2.75) is 18.8 Å². The summed E-state index contributed by atoms with van der Waals surface area (Å²) >= 11 is 0. The van der Waals surface area contributed by atoms with Gasteiger partial charge in [-0.15, -0.1) is 0 Å². The third-order valence-electron chi connectivity index (χ3n) is 4.61. The summed E-state index contributed by atoms with van der Waals surface area (Å²) in [6.07, 6.45) is 2.26. The van der Waals surface area contributed by atoms with Crippen LogP contribution in [0.25, 0.3) is 16.7 Å². The van der Waals surface area contributed by atoms with Gasteiger partial charge in [0.2, 0.25) is 0 Å². The Labute approximate surface area is 136 Å². The molecule has 0 atom stereocenters. The molecule has 4 heteroatoms. The maximum Gasteiger partial charge on any atom is 0.121 e. The SMILES string of the molecule is COc1ccc2c(c1)nc(C1CCNCC1)n2-c1ccccc1. The van der Waals surface area contributed by atoms with Gasteiger partial charge >= 0.3 is 0 Å². The van der Waals surface area contributed by atoms with Crippen molar-refractivity contribution in [1.29, 1.82) is 0 Å². The summed E-state index contributed by atoms with van der Waals surface area (Å²) in [5.41, 5.74) is 3.32. The lowest BCUT2D eigenvalue weighted by atomic mass is 9.97. The minimum Gasteiger partial charge on any atom is -0.497 e. The van der Waals surface area contributed by atoms with Gasteiger partial charge in [-0.2, -0.15) is 0 Å². The number of rotatable bonds is 3. The third-order valence-corrected chi connectivity index (χ3v) is 4.61. The van der Waals surface area contributed by atoms with Crippen LogP contribution in [0.2, 0.25) is 0 Å². The van der Waals surface area contributed by atoms with E-state index in [-0.39, 0.29) is 0 Å². The Morgan fingerprint density at radius 3 is 2.61 bits per heavy atom. The molecule has 1 aromatic heterocycles. The van der Waals surface area contributed by atoms with Crippen molar-refractivity contribution in [3.63, 3.8) is 0 Å². The molecule has 0 saturated carbocycles. The summed E-state index contributed by atoms with van der Waals surface area (Å²) < 4.78 is 7.67. The van der Waals surface area contributed by atoms with E-state index in [9.17, 15) is 0 Å². The minimum absolute atomic E-state index is 0.495. The highest BCUT2D eigenvalue weighted by Gasteiger charge is 2.23. The molecular weight excluding hydrogens is 286 g/mol. The second-order valence-corrected chi connectivity index (χ2v) is 6.02. The lowest BCUT2D eigenvalue weighted by Crippen LogP contribution is -2.28. The number of aromatic nitrogens is 2. The van der Waals surface area contributed by atoms with Crippen molar-refractivity contribution in [2.24, 2.45) is 0 Å². The zero-order chi connectivity index (χ0) is 15.6. The molecule has 23 heavy (non-hydrogen) atoms. The number of benzene rings is 2. The van der Waals surface area contributed by atoms with E-state index < -0.39 is 0 Å². The minimum atomic E-state index is 0.495. The molecule has 0 spiro atoms. The van der Waals surface area contributed by atoms with Crippen molar-refractivity contribution in [1.82, 2.24) is 14.9 Å². The number of nitrogens with one attached hydrogen (secondary N) is 1. The van der Waals surface area contributed by atoms with Crippen LogP contribution in [0.5, 0.6) is 5.75 Å². The van der Waals surface area contributed by atoms with Gasteiger partial charge in [0.05, 0.1) is 18.1 Å². The molecule has 0 bridgehead atoms. The monoisotopic (exact) mass is 307 g/mol. The Kier molecular flexibility index (Phi) is 3.75. The Hall–Kier alpha value is -2.33. The van der Waals surface area contributed by atoms with Crippen LogP contribution >= 0.6 is 0 Å². The summed E-state index contributed by atoms with van der Waals surface area (Å²) in [6.45, 7) is 2.12. The van der Waals surface area contributed by atoms with E-state index in [4.69, 9.17) is 9.72 Å². The second kappa shape index (κ2) is 6.05. The number of imidazole rings is 1. The molecular formula is C19H21N3O. The summed E-state index contributed by atoms with van der Waals surface area (Å²) in [7, 11) is 1.70. The van der Waals surface area contributed by atoms with E-state index in [2.05, 4.69) is 46.3 Å². The first-order valence-corrected chi connectivity index (χ1v) is 8.19. The van der Waals surface area contributed by atoms with E-state index in [1.165, 1.54) is 11.5 Å². The maximum atomic E-state index is 5.36. The predicted molar refractivity (Wildman–Crippen MR) is 92.5 cm³/mol. The Morgan fingerprint density at radius 1 is 1.09 bits per heavy atom. The molecule has 4 nitrogen and oxygen atoms in total. The number of para-hydroxylation sites is 1. The molecule has 1 fully saturated rings. The summed E-state index contributed by atoms with van der Waals surface area (Å²) in [4.78, 5) is 4.98. The third kappa shape index (κ3) is 2.59. The first-order chi connectivity index (χ1) is 11.4. The summed E-state index contributed by atoms with van der Waals surface area (Å²) in [5, 5.41) is 3.44. The van der Waals surface area contributed by atoms with Crippen LogP contribution in [0.15, 0.2) is 48.5 Å². The van der Waals surface area contributed by atoms with Crippen LogP contribution in [0.4, 0.5) is 0 Å². The highest BCUT2D eigenvalue weighted by Crippen LogP contribution is 2.32. The van der Waals surface area contributed by atoms with Gasteiger partial charge in [0.1, 0.15) is 11.6 Å². The smallest absolute Gasteiger partial charge is 0.121 e. The van der Waals surface area contributed by atoms with Crippen LogP contribution in [-0.4, -0.2) is 29.8 Å². The quantitative estimate of drug-likeness (QED) is 0.805. The van der Waals surface area contributed by atoms with Crippen LogP contribution in [0, 0.1) is 0 Å². The summed E-state index contributed by atoms with van der Waals surface area (Å²) in [6, 6.07) is 16.7. The van der Waals surface area contributed by atoms with Gasteiger partial charge in [-0.25, -0.2) is 4.98 Å². The first-order valence-electron chi connectivity index (χ1n) is 8.19. The van der Waals surface area contributed by atoms with Crippen LogP contribution in [0.3, 0.4) is 0 Å². The van der Waals surface area contributed by atoms with E-state index in [0.717, 1.165) is 42.7 Å². The van der Waals surface area contributed by atoms with Crippen LogP contribution < -0.4 is 10.1 Å². The molecule has 0 amide bonds. The molecule has 3 aromatic rings. The van der Waals surface area contributed by atoms with E-state index in [0.29, 0.717) is 5.92 Å². The molecule has 1 aliphatic rings. The predicted octanol–water partition coefficient (Wildman–Crippen LogP) is 3.50. The molecule has 0 unspecified atom stereocenters. The fourth-order valence-corrected chi connectivity index (χ4v) is 3.41. The zero-order valence-corrected chi connectivity index (χ0v) is 13.3. The van der Waals surface area contributed by atoms with Gasteiger partial charge < -0.3 is 10.1 Å². The van der Waals surface area contributed by atoms with E-state index in [1.54, 1.807) is 7.11 Å². The average Bonchev–Trinajstić information content (AvgIpc) is 3.01. The highest BCUT2D eigenvalue weighted by atomic mass is 16.5. The molecule has 1 saturated heterocycles. The van der Waals surface area contributed by atoms with Gasteiger partial charge in [0.25, 0.3) is 0 Å². The molecule has 1 aliphatic heterocycles. The average molecular weight is 307 g/mol. The second-order valence-electron chi connectivity index (χ2n) is 6.02. The van der Waals surface area contributed by atoms with Crippen molar-refractivity contribution in [3.05, 3.63) is 54.4 Å². The number of hydrogen-bond acceptors (Lipinski definition) is 3. The van der Waals surface area contributed by atoms with E-state index >= 15 is 0 Å². The van der Waals surface area contributed by atoms with Crippen LogP contribution in [0.1, 0.15) is 24.6 Å². The largest absolute Gasteiger partial charge is 0.497 e. The molecule has 0 radical (unpaired) electrons. The number of methoxy groups -OCH3 is 1. The first kappa shape index (κ1) is 14.3. The van der Waals surface area contributed by atoms with Crippen molar-refractivity contribution in [2.75, 3.05) is 20.2 Å². The highest BCUT2D eigenvalue weighted by molar-refractivity contribution is 5.80. The van der Waals surface area contributed by atoms with Crippen molar-refractivity contribution >= 4 is 11.0 Å². The van der Waals surface area contributed by atoms with Gasteiger partial charge in [-0.1, -0.05) is 18.2 Å². The Balaban J connectivity index is 1.92. The number of nitrogens with zero attached hydrogens (tertiary/aromatic N) is 2. The molecule has 4 rings (SSSR count). The Bertz CT molecular complexity index is 804. The number of fused-ring (bicyclic) bond motifs is 1. The molecule has 2 aromatic carbocycles. The normalized spacial score (nSPS) is 15.9. The number of hydrogen-bond donors (Lipinski definition) is 1. The van der Waals surface area contributed by atoms with E-state index in [1.807, 2.05) is 12.1 Å². The zero-order valence-electron chi connectivity index (χ0n) is 13.3. The lowest BCUT2D eigenvalue weighted by Gasteiger charge is -2.23. The molecule has 0 aliphatic carbocycles. The molecule has 2 heterocycles. The van der Waals surface area contributed by atoms with Gasteiger partial charge in [0, 0.05) is 17.7 Å². The maximum absolute atomic E-state index is 5.36.